The maximum atomic E-state index is 9.28. The molecule has 0 bridgehead atoms. The van der Waals surface area contributed by atoms with Crippen LogP contribution in [0.15, 0.2) is 60.2 Å². The molecule has 0 unspecified atom stereocenters. The Morgan fingerprint density at radius 1 is 1.06 bits per heavy atom. The summed E-state index contributed by atoms with van der Waals surface area (Å²) in [5.41, 5.74) is 2.12. The molecule has 0 aromatic heterocycles. The summed E-state index contributed by atoms with van der Waals surface area (Å²) in [6.45, 7) is 0. The van der Waals surface area contributed by atoms with Crippen molar-refractivity contribution in [2.24, 2.45) is 0 Å². The molecule has 0 saturated carbocycles. The van der Waals surface area contributed by atoms with Gasteiger partial charge in [0.1, 0.15) is 0 Å². The summed E-state index contributed by atoms with van der Waals surface area (Å²) in [4.78, 5) is 0. The van der Waals surface area contributed by atoms with Gasteiger partial charge >= 0.3 is 0 Å². The van der Waals surface area contributed by atoms with Crippen LogP contribution in [-0.4, -0.2) is 16.0 Å². The van der Waals surface area contributed by atoms with Crippen LogP contribution < -0.4 is 0 Å². The molecule has 0 radical (unpaired) electrons. The number of allylic oxidation sites excluding steroid dienone is 3. The predicted octanol–water partition coefficient (Wildman–Crippen LogP) is 2.27. The van der Waals surface area contributed by atoms with E-state index < -0.39 is 5.79 Å². The molecular formula is C14H14O2. The summed E-state index contributed by atoms with van der Waals surface area (Å²) >= 11 is 0. The molecule has 2 N–H and O–H groups in total. The average Bonchev–Trinajstić information content (AvgIpc) is 2.29. The molecular weight excluding hydrogens is 200 g/mol. The first kappa shape index (κ1) is 10.9. The lowest BCUT2D eigenvalue weighted by Crippen LogP contribution is -2.25. The van der Waals surface area contributed by atoms with Crippen molar-refractivity contribution >= 4 is 6.08 Å². The van der Waals surface area contributed by atoms with E-state index in [0.29, 0.717) is 0 Å². The summed E-state index contributed by atoms with van der Waals surface area (Å²) in [5, 5.41) is 18.6. The molecule has 0 saturated heterocycles. The number of aliphatic hydroxyl groups is 2. The Balaban J connectivity index is 2.05. The van der Waals surface area contributed by atoms with Gasteiger partial charge in [-0.3, -0.25) is 0 Å². The van der Waals surface area contributed by atoms with E-state index in [-0.39, 0.29) is 6.42 Å². The Hall–Kier alpha value is -1.64. The molecule has 2 rings (SSSR count). The van der Waals surface area contributed by atoms with Crippen molar-refractivity contribution < 1.29 is 10.2 Å². The zero-order valence-corrected chi connectivity index (χ0v) is 8.88. The summed E-state index contributed by atoms with van der Waals surface area (Å²) in [6, 6.07) is 9.98. The second-order valence-corrected chi connectivity index (χ2v) is 3.86. The minimum Gasteiger partial charge on any atom is -0.362 e. The summed E-state index contributed by atoms with van der Waals surface area (Å²) in [7, 11) is 0. The lowest BCUT2D eigenvalue weighted by atomic mass is 10.0. The molecule has 82 valence electrons. The molecule has 1 aromatic rings. The smallest absolute Gasteiger partial charge is 0.186 e. The van der Waals surface area contributed by atoms with Gasteiger partial charge in [-0.1, -0.05) is 54.6 Å². The minimum atomic E-state index is -1.68. The first-order valence-electron chi connectivity index (χ1n) is 5.23. The fraction of sp³-hybridized carbons (Fsp3) is 0.143. The first-order valence-corrected chi connectivity index (χ1v) is 5.23. The Morgan fingerprint density at radius 3 is 2.44 bits per heavy atom. The van der Waals surface area contributed by atoms with Gasteiger partial charge in [0.15, 0.2) is 5.79 Å². The summed E-state index contributed by atoms with van der Waals surface area (Å²) in [5.74, 6) is -1.68. The van der Waals surface area contributed by atoms with Crippen molar-refractivity contribution in [3.05, 3.63) is 65.8 Å². The van der Waals surface area contributed by atoms with E-state index in [1.807, 2.05) is 42.5 Å². The Morgan fingerprint density at radius 2 is 1.81 bits per heavy atom. The first-order chi connectivity index (χ1) is 7.66. The minimum absolute atomic E-state index is 0.234. The van der Waals surface area contributed by atoms with Gasteiger partial charge in [0.2, 0.25) is 0 Å². The predicted molar refractivity (Wildman–Crippen MR) is 64.5 cm³/mol. The van der Waals surface area contributed by atoms with Crippen molar-refractivity contribution in [2.45, 2.75) is 12.2 Å². The molecule has 1 aliphatic rings. The summed E-state index contributed by atoms with van der Waals surface area (Å²) < 4.78 is 0. The van der Waals surface area contributed by atoms with Crippen LogP contribution in [0, 0.1) is 0 Å². The van der Waals surface area contributed by atoms with Crippen molar-refractivity contribution in [3.63, 3.8) is 0 Å². The van der Waals surface area contributed by atoms with E-state index in [4.69, 9.17) is 0 Å². The van der Waals surface area contributed by atoms with Gasteiger partial charge in [0, 0.05) is 6.42 Å². The molecule has 2 nitrogen and oxygen atoms in total. The molecule has 0 fully saturated rings. The van der Waals surface area contributed by atoms with Crippen molar-refractivity contribution in [3.8, 4) is 0 Å². The van der Waals surface area contributed by atoms with Crippen LogP contribution >= 0.6 is 0 Å². The maximum Gasteiger partial charge on any atom is 0.186 e. The fourth-order valence-electron chi connectivity index (χ4n) is 1.51. The van der Waals surface area contributed by atoms with E-state index in [9.17, 15) is 10.2 Å². The molecule has 16 heavy (non-hydrogen) atoms. The third kappa shape index (κ3) is 2.92. The lowest BCUT2D eigenvalue weighted by Gasteiger charge is -2.18. The van der Waals surface area contributed by atoms with Gasteiger partial charge in [-0.15, -0.1) is 0 Å². The monoisotopic (exact) mass is 214 g/mol. The Bertz CT molecular complexity index is 439. The Kier molecular flexibility index (Phi) is 3.04. The van der Waals surface area contributed by atoms with Gasteiger partial charge in [0.25, 0.3) is 0 Å². The highest BCUT2D eigenvalue weighted by molar-refractivity contribution is 5.55. The molecule has 0 amide bonds. The largest absolute Gasteiger partial charge is 0.362 e. The molecule has 1 aliphatic carbocycles. The molecule has 0 atom stereocenters. The zero-order chi connectivity index (χ0) is 11.4. The third-order valence-corrected chi connectivity index (χ3v) is 2.45. The standard InChI is InChI=1S/C14H14O2/c15-14(16)10-8-13(9-11-14)7-6-12-4-2-1-3-5-12/h1-10,15-16H,11H2. The molecule has 2 heteroatoms. The SMILES string of the molecule is OC1(O)C=CC(C=Cc2ccccc2)=CC1. The van der Waals surface area contributed by atoms with Crippen molar-refractivity contribution in [1.82, 2.24) is 0 Å². The van der Waals surface area contributed by atoms with Crippen LogP contribution in [-0.2, 0) is 0 Å². The van der Waals surface area contributed by atoms with Crippen molar-refractivity contribution in [2.75, 3.05) is 0 Å². The highest BCUT2D eigenvalue weighted by atomic mass is 16.5. The van der Waals surface area contributed by atoms with E-state index in [0.717, 1.165) is 11.1 Å². The van der Waals surface area contributed by atoms with Gasteiger partial charge in [-0.05, 0) is 17.2 Å². The number of hydrogen-bond donors (Lipinski definition) is 2. The molecule has 0 heterocycles. The maximum absolute atomic E-state index is 9.28. The molecule has 1 aromatic carbocycles. The van der Waals surface area contributed by atoms with Crippen LogP contribution in [0.2, 0.25) is 0 Å². The van der Waals surface area contributed by atoms with Gasteiger partial charge < -0.3 is 10.2 Å². The van der Waals surface area contributed by atoms with Gasteiger partial charge in [-0.2, -0.15) is 0 Å². The molecule has 0 aliphatic heterocycles. The van der Waals surface area contributed by atoms with Crippen LogP contribution in [0.25, 0.3) is 6.08 Å². The zero-order valence-electron chi connectivity index (χ0n) is 8.88. The highest BCUT2D eigenvalue weighted by Crippen LogP contribution is 2.19. The van der Waals surface area contributed by atoms with Crippen LogP contribution in [0.3, 0.4) is 0 Å². The van der Waals surface area contributed by atoms with E-state index in [1.165, 1.54) is 6.08 Å². The van der Waals surface area contributed by atoms with Gasteiger partial charge in [-0.25, -0.2) is 0 Å². The van der Waals surface area contributed by atoms with E-state index in [2.05, 4.69) is 0 Å². The average molecular weight is 214 g/mol. The topological polar surface area (TPSA) is 40.5 Å². The normalized spacial score (nSPS) is 18.8. The van der Waals surface area contributed by atoms with Crippen LogP contribution in [0.5, 0.6) is 0 Å². The second kappa shape index (κ2) is 4.47. The number of benzene rings is 1. The van der Waals surface area contributed by atoms with Gasteiger partial charge in [0.05, 0.1) is 0 Å². The summed E-state index contributed by atoms with van der Waals surface area (Å²) in [6.07, 6.45) is 9.11. The Labute approximate surface area is 94.9 Å². The fourth-order valence-corrected chi connectivity index (χ4v) is 1.51. The molecule has 0 spiro atoms. The van der Waals surface area contributed by atoms with E-state index in [1.54, 1.807) is 12.2 Å². The van der Waals surface area contributed by atoms with Crippen LogP contribution in [0.1, 0.15) is 12.0 Å². The number of rotatable bonds is 2. The third-order valence-electron chi connectivity index (χ3n) is 2.45. The second-order valence-electron chi connectivity index (χ2n) is 3.86. The van der Waals surface area contributed by atoms with Crippen molar-refractivity contribution in [1.29, 1.82) is 0 Å². The van der Waals surface area contributed by atoms with E-state index >= 15 is 0 Å². The quantitative estimate of drug-likeness (QED) is 0.741. The lowest BCUT2D eigenvalue weighted by molar-refractivity contribution is -0.115. The van der Waals surface area contributed by atoms with Crippen LogP contribution in [0.4, 0.5) is 0 Å². The highest BCUT2D eigenvalue weighted by Gasteiger charge is 2.19. The number of hydrogen-bond acceptors (Lipinski definition) is 2.